The monoisotopic (exact) mass is 498 g/mol. The van der Waals surface area contributed by atoms with Crippen LogP contribution in [0.2, 0.25) is 0 Å². The fourth-order valence-electron chi connectivity index (χ4n) is 6.48. The predicted molar refractivity (Wildman–Crippen MR) is 136 cm³/mol. The van der Waals surface area contributed by atoms with E-state index in [-0.39, 0.29) is 23.8 Å². The molecule has 9 heteroatoms. The van der Waals surface area contributed by atoms with E-state index in [4.69, 9.17) is 9.47 Å². The zero-order valence-electron chi connectivity index (χ0n) is 21.7. The molecular weight excluding hydrogens is 460 g/mol. The Kier molecular flexibility index (Phi) is 6.98. The molecular formula is C27H38N4O5. The van der Waals surface area contributed by atoms with Crippen LogP contribution in [0.25, 0.3) is 10.9 Å². The van der Waals surface area contributed by atoms with Crippen LogP contribution in [-0.4, -0.2) is 102 Å². The van der Waals surface area contributed by atoms with Gasteiger partial charge in [0.25, 0.3) is 0 Å². The Balaban J connectivity index is 1.58. The van der Waals surface area contributed by atoms with Crippen molar-refractivity contribution in [3.05, 3.63) is 29.5 Å². The highest BCUT2D eigenvalue weighted by molar-refractivity contribution is 5.90. The van der Waals surface area contributed by atoms with Crippen LogP contribution in [0, 0.1) is 0 Å². The van der Waals surface area contributed by atoms with Crippen LogP contribution < -0.4 is 4.74 Å². The lowest BCUT2D eigenvalue weighted by molar-refractivity contribution is -0.141. The van der Waals surface area contributed by atoms with E-state index in [1.165, 1.54) is 5.56 Å². The maximum Gasteiger partial charge on any atom is 0.237 e. The molecule has 1 N–H and O–H groups in total. The van der Waals surface area contributed by atoms with Crippen LogP contribution >= 0.6 is 0 Å². The average Bonchev–Trinajstić information content (AvgIpc) is 3.21. The first-order chi connectivity index (χ1) is 17.4. The quantitative estimate of drug-likeness (QED) is 0.675. The van der Waals surface area contributed by atoms with Crippen LogP contribution in [-0.2, 0) is 26.8 Å². The summed E-state index contributed by atoms with van der Waals surface area (Å²) >= 11 is 0. The van der Waals surface area contributed by atoms with Gasteiger partial charge in [-0.05, 0) is 30.5 Å². The van der Waals surface area contributed by atoms with Gasteiger partial charge in [0.2, 0.25) is 11.8 Å². The number of carbonyl (C=O) groups excluding carboxylic acids is 2. The molecule has 2 fully saturated rings. The van der Waals surface area contributed by atoms with Crippen molar-refractivity contribution in [1.82, 2.24) is 19.3 Å². The molecule has 2 aromatic rings. The number of aryl methyl sites for hydroxylation is 1. The fraction of sp³-hybridized carbons (Fsp3) is 0.630. The number of morpholine rings is 1. The van der Waals surface area contributed by atoms with Crippen molar-refractivity contribution in [2.75, 3.05) is 66.2 Å². The van der Waals surface area contributed by atoms with Crippen LogP contribution in [0.1, 0.15) is 43.5 Å². The van der Waals surface area contributed by atoms with E-state index in [0.29, 0.717) is 45.8 Å². The van der Waals surface area contributed by atoms with Gasteiger partial charge in [-0.1, -0.05) is 6.92 Å². The zero-order valence-corrected chi connectivity index (χ0v) is 21.7. The second-order valence-corrected chi connectivity index (χ2v) is 10.3. The minimum Gasteiger partial charge on any atom is -0.497 e. The summed E-state index contributed by atoms with van der Waals surface area (Å²) in [6.45, 7) is 6.73. The first kappa shape index (κ1) is 25.0. The molecule has 9 nitrogen and oxygen atoms in total. The van der Waals surface area contributed by atoms with Crippen molar-refractivity contribution in [1.29, 1.82) is 0 Å². The molecule has 36 heavy (non-hydrogen) atoms. The number of rotatable bonds is 5. The van der Waals surface area contributed by atoms with E-state index < -0.39 is 6.04 Å². The number of amides is 2. The standard InChI is InChI=1S/C27H38N4O5/c1-4-23(33)30-9-7-27(8-10-30)18-31(24(34)16-29-11-13-36-14-12-29)22(17-32)26-25(27)20-6-5-19(35-3)15-21(20)28(26)2/h5-6,15,22,32H,4,7-14,16-18H2,1-3H3/t22-/m1/s1. The molecule has 2 amide bonds. The number of carbonyl (C=O) groups is 2. The number of benzene rings is 1. The molecule has 196 valence electrons. The molecule has 3 aliphatic rings. The molecule has 0 bridgehead atoms. The molecule has 1 aromatic heterocycles. The van der Waals surface area contributed by atoms with Crippen LogP contribution in [0.3, 0.4) is 0 Å². The third-order valence-electron chi connectivity index (χ3n) is 8.48. The third kappa shape index (κ3) is 4.17. The average molecular weight is 499 g/mol. The highest BCUT2D eigenvalue weighted by Gasteiger charge is 2.49. The molecule has 1 atom stereocenters. The van der Waals surface area contributed by atoms with E-state index in [2.05, 4.69) is 15.5 Å². The number of ether oxygens (including phenoxy) is 2. The number of aliphatic hydroxyl groups excluding tert-OH is 1. The Morgan fingerprint density at radius 2 is 1.86 bits per heavy atom. The van der Waals surface area contributed by atoms with E-state index in [1.54, 1.807) is 7.11 Å². The second-order valence-electron chi connectivity index (χ2n) is 10.3. The maximum atomic E-state index is 13.8. The smallest absolute Gasteiger partial charge is 0.237 e. The molecule has 4 heterocycles. The van der Waals surface area contributed by atoms with Gasteiger partial charge in [-0.25, -0.2) is 0 Å². The molecule has 0 unspecified atom stereocenters. The first-order valence-electron chi connectivity index (χ1n) is 13.1. The van der Waals surface area contributed by atoms with Gasteiger partial charge >= 0.3 is 0 Å². The summed E-state index contributed by atoms with van der Waals surface area (Å²) in [6, 6.07) is 5.71. The predicted octanol–water partition coefficient (Wildman–Crippen LogP) is 1.66. The number of methoxy groups -OCH3 is 1. The largest absolute Gasteiger partial charge is 0.497 e. The first-order valence-corrected chi connectivity index (χ1v) is 13.1. The van der Waals surface area contributed by atoms with Gasteiger partial charge < -0.3 is 28.9 Å². The Morgan fingerprint density at radius 1 is 1.14 bits per heavy atom. The van der Waals surface area contributed by atoms with Gasteiger partial charge in [-0.3, -0.25) is 14.5 Å². The number of fused-ring (bicyclic) bond motifs is 4. The number of likely N-dealkylation sites (tertiary alicyclic amines) is 1. The van der Waals surface area contributed by atoms with Crippen LogP contribution in [0.5, 0.6) is 5.75 Å². The molecule has 5 rings (SSSR count). The van der Waals surface area contributed by atoms with Gasteiger partial charge in [0.1, 0.15) is 5.75 Å². The topological polar surface area (TPSA) is 87.5 Å². The van der Waals surface area contributed by atoms with E-state index >= 15 is 0 Å². The van der Waals surface area contributed by atoms with E-state index in [0.717, 1.165) is 48.3 Å². The van der Waals surface area contributed by atoms with Crippen molar-refractivity contribution in [2.45, 2.75) is 37.6 Å². The normalized spacial score (nSPS) is 22.2. The third-order valence-corrected chi connectivity index (χ3v) is 8.48. The van der Waals surface area contributed by atoms with Crippen molar-refractivity contribution < 1.29 is 24.2 Å². The lowest BCUT2D eigenvalue weighted by Gasteiger charge is -2.50. The number of nitrogens with zero attached hydrogens (tertiary/aromatic N) is 4. The molecule has 1 aromatic carbocycles. The van der Waals surface area contributed by atoms with Gasteiger partial charge in [0.15, 0.2) is 0 Å². The summed E-state index contributed by atoms with van der Waals surface area (Å²) in [5.41, 5.74) is 2.98. The van der Waals surface area contributed by atoms with Gasteiger partial charge in [-0.15, -0.1) is 0 Å². The summed E-state index contributed by atoms with van der Waals surface area (Å²) in [4.78, 5) is 32.2. The van der Waals surface area contributed by atoms with Gasteiger partial charge in [0.05, 0.1) is 45.0 Å². The van der Waals surface area contributed by atoms with Crippen molar-refractivity contribution in [3.8, 4) is 5.75 Å². The minimum absolute atomic E-state index is 0.0378. The SMILES string of the molecule is CCC(=O)N1CCC2(CC1)CN(C(=O)CN1CCOCC1)[C@H](CO)c1c2c2ccc(OC)cc2n1C. The molecule has 3 aliphatic heterocycles. The number of hydrogen-bond donors (Lipinski definition) is 1. The summed E-state index contributed by atoms with van der Waals surface area (Å²) < 4.78 is 13.1. The van der Waals surface area contributed by atoms with E-state index in [1.807, 2.05) is 35.9 Å². The van der Waals surface area contributed by atoms with Gasteiger partial charge in [0, 0.05) is 68.8 Å². The van der Waals surface area contributed by atoms with Crippen LogP contribution in [0.15, 0.2) is 18.2 Å². The summed E-state index contributed by atoms with van der Waals surface area (Å²) in [7, 11) is 3.68. The highest BCUT2D eigenvalue weighted by atomic mass is 16.5. The number of hydrogen-bond acceptors (Lipinski definition) is 6. The lowest BCUT2D eigenvalue weighted by Crippen LogP contribution is -2.57. The maximum absolute atomic E-state index is 13.8. The molecule has 2 saturated heterocycles. The summed E-state index contributed by atoms with van der Waals surface area (Å²) in [6.07, 6.45) is 2.08. The zero-order chi connectivity index (χ0) is 25.4. The Labute approximate surface area is 212 Å². The number of piperidine rings is 1. The molecule has 1 spiro atoms. The minimum atomic E-state index is -0.419. The fourth-order valence-corrected chi connectivity index (χ4v) is 6.48. The van der Waals surface area contributed by atoms with Crippen molar-refractivity contribution >= 4 is 22.7 Å². The van der Waals surface area contributed by atoms with Crippen LogP contribution in [0.4, 0.5) is 0 Å². The second kappa shape index (κ2) is 10.0. The Bertz CT molecular complexity index is 1130. The molecule has 0 saturated carbocycles. The van der Waals surface area contributed by atoms with Crippen molar-refractivity contribution in [2.24, 2.45) is 7.05 Å². The number of aromatic nitrogens is 1. The molecule has 0 aliphatic carbocycles. The Hall–Kier alpha value is -2.62. The highest BCUT2D eigenvalue weighted by Crippen LogP contribution is 2.50. The Morgan fingerprint density at radius 3 is 2.50 bits per heavy atom. The summed E-state index contributed by atoms with van der Waals surface area (Å²) in [5, 5.41) is 11.8. The van der Waals surface area contributed by atoms with Gasteiger partial charge in [-0.2, -0.15) is 0 Å². The summed E-state index contributed by atoms with van der Waals surface area (Å²) in [5.74, 6) is 0.992. The lowest BCUT2D eigenvalue weighted by atomic mass is 9.68. The van der Waals surface area contributed by atoms with E-state index in [9.17, 15) is 14.7 Å². The molecule has 0 radical (unpaired) electrons. The van der Waals surface area contributed by atoms with Crippen molar-refractivity contribution in [3.63, 3.8) is 0 Å². The number of aliphatic hydroxyl groups is 1.